The predicted octanol–water partition coefficient (Wildman–Crippen LogP) is 2.77. The van der Waals surface area contributed by atoms with Gasteiger partial charge in [0, 0.05) is 24.3 Å². The van der Waals surface area contributed by atoms with E-state index in [0.717, 1.165) is 61.3 Å². The minimum Gasteiger partial charge on any atom is -0.453 e. The molecular formula is C23H29N7O3. The van der Waals surface area contributed by atoms with Gasteiger partial charge in [-0.3, -0.25) is 5.32 Å². The second kappa shape index (κ2) is 9.32. The zero-order valence-electron chi connectivity index (χ0n) is 19.0. The van der Waals surface area contributed by atoms with E-state index in [9.17, 15) is 4.79 Å². The van der Waals surface area contributed by atoms with Crippen LogP contribution < -0.4 is 10.2 Å². The van der Waals surface area contributed by atoms with Gasteiger partial charge in [-0.1, -0.05) is 12.1 Å². The third-order valence-corrected chi connectivity index (χ3v) is 6.36. The molecule has 10 heteroatoms. The number of benzene rings is 1. The molecule has 1 aromatic carbocycles. The summed E-state index contributed by atoms with van der Waals surface area (Å²) in [5, 5.41) is 8.38. The monoisotopic (exact) mass is 451 g/mol. The van der Waals surface area contributed by atoms with E-state index < -0.39 is 6.09 Å². The van der Waals surface area contributed by atoms with Crippen molar-refractivity contribution in [3.63, 3.8) is 0 Å². The third kappa shape index (κ3) is 4.49. The molecule has 1 amide bonds. The summed E-state index contributed by atoms with van der Waals surface area (Å²) in [5.74, 6) is 0.701. The fourth-order valence-electron chi connectivity index (χ4n) is 4.43. The van der Waals surface area contributed by atoms with Crippen molar-refractivity contribution in [2.75, 3.05) is 63.8 Å². The van der Waals surface area contributed by atoms with Gasteiger partial charge < -0.3 is 19.3 Å². The number of rotatable bonds is 4. The number of nitrogens with zero attached hydrogens (tertiary/aromatic N) is 6. The van der Waals surface area contributed by atoms with Crippen LogP contribution >= 0.6 is 0 Å². The smallest absolute Gasteiger partial charge is 0.411 e. The van der Waals surface area contributed by atoms with Crippen LogP contribution in [-0.2, 0) is 9.47 Å². The molecule has 3 aromatic rings. The maximum absolute atomic E-state index is 11.5. The van der Waals surface area contributed by atoms with E-state index in [0.29, 0.717) is 30.9 Å². The molecule has 2 aliphatic heterocycles. The number of piperidine rings is 1. The Balaban J connectivity index is 1.56. The number of hydrogen-bond donors (Lipinski definition) is 1. The van der Waals surface area contributed by atoms with Gasteiger partial charge in [0.25, 0.3) is 0 Å². The molecule has 0 radical (unpaired) electrons. The Kier molecular flexibility index (Phi) is 6.10. The van der Waals surface area contributed by atoms with E-state index in [4.69, 9.17) is 19.8 Å². The van der Waals surface area contributed by atoms with Crippen LogP contribution in [0.3, 0.4) is 0 Å². The number of ether oxygens (including phenoxy) is 2. The summed E-state index contributed by atoms with van der Waals surface area (Å²) in [4.78, 5) is 26.0. The minimum atomic E-state index is -0.499. The van der Waals surface area contributed by atoms with Gasteiger partial charge in [-0.25, -0.2) is 14.5 Å². The van der Waals surface area contributed by atoms with Crippen LogP contribution in [0.5, 0.6) is 0 Å². The Morgan fingerprint density at radius 2 is 1.82 bits per heavy atom. The first kappa shape index (κ1) is 21.6. The number of methoxy groups -OCH3 is 1. The van der Waals surface area contributed by atoms with Crippen LogP contribution in [0.1, 0.15) is 18.9 Å². The van der Waals surface area contributed by atoms with E-state index in [2.05, 4.69) is 31.6 Å². The molecular weight excluding hydrogens is 422 g/mol. The number of nitrogens with one attached hydrogen (secondary N) is 1. The average Bonchev–Trinajstić information content (AvgIpc) is 3.29. The van der Waals surface area contributed by atoms with Crippen LogP contribution in [0.2, 0.25) is 0 Å². The summed E-state index contributed by atoms with van der Waals surface area (Å²) in [6.07, 6.45) is 3.48. The van der Waals surface area contributed by atoms with Crippen molar-refractivity contribution in [2.24, 2.45) is 0 Å². The van der Waals surface area contributed by atoms with Gasteiger partial charge in [0.15, 0.2) is 5.65 Å². The first-order valence-corrected chi connectivity index (χ1v) is 11.3. The number of carbonyl (C=O) groups is 1. The molecule has 10 nitrogen and oxygen atoms in total. The van der Waals surface area contributed by atoms with Crippen LogP contribution in [0, 0.1) is 0 Å². The molecule has 174 valence electrons. The highest BCUT2D eigenvalue weighted by Gasteiger charge is 2.24. The van der Waals surface area contributed by atoms with Crippen LogP contribution in [-0.4, -0.2) is 84.3 Å². The molecule has 4 heterocycles. The first-order valence-electron chi connectivity index (χ1n) is 11.3. The average molecular weight is 452 g/mol. The second-order valence-electron chi connectivity index (χ2n) is 8.53. The Morgan fingerprint density at radius 1 is 1.09 bits per heavy atom. The predicted molar refractivity (Wildman–Crippen MR) is 126 cm³/mol. The van der Waals surface area contributed by atoms with Crippen LogP contribution in [0.15, 0.2) is 30.5 Å². The maximum atomic E-state index is 11.5. The van der Waals surface area contributed by atoms with Gasteiger partial charge in [-0.15, -0.1) is 0 Å². The van der Waals surface area contributed by atoms with Crippen molar-refractivity contribution in [3.8, 4) is 11.3 Å². The zero-order chi connectivity index (χ0) is 22.8. The lowest BCUT2D eigenvalue weighted by atomic mass is 10.1. The van der Waals surface area contributed by atoms with Crippen molar-refractivity contribution in [2.45, 2.75) is 18.9 Å². The fraction of sp³-hybridized carbons (Fsp3) is 0.478. The number of fused-ring (bicyclic) bond motifs is 1. The second-order valence-corrected chi connectivity index (χ2v) is 8.53. The number of morpholine rings is 1. The summed E-state index contributed by atoms with van der Waals surface area (Å²) in [7, 11) is 3.50. The first-order chi connectivity index (χ1) is 16.1. The topological polar surface area (TPSA) is 97.6 Å². The quantitative estimate of drug-likeness (QED) is 0.647. The molecule has 0 atom stereocenters. The third-order valence-electron chi connectivity index (χ3n) is 6.36. The van der Waals surface area contributed by atoms with E-state index >= 15 is 0 Å². The lowest BCUT2D eigenvalue weighted by Crippen LogP contribution is -2.37. The molecule has 0 aliphatic carbocycles. The Morgan fingerprint density at radius 3 is 2.52 bits per heavy atom. The summed E-state index contributed by atoms with van der Waals surface area (Å²) in [6, 6.07) is 7.91. The summed E-state index contributed by atoms with van der Waals surface area (Å²) in [6.45, 7) is 4.95. The van der Waals surface area contributed by atoms with Crippen molar-refractivity contribution in [3.05, 3.63) is 30.5 Å². The molecule has 0 bridgehead atoms. The van der Waals surface area contributed by atoms with Crippen molar-refractivity contribution in [1.29, 1.82) is 0 Å². The van der Waals surface area contributed by atoms with Crippen molar-refractivity contribution in [1.82, 2.24) is 24.6 Å². The molecule has 5 rings (SSSR count). The number of aromatic nitrogens is 4. The summed E-state index contributed by atoms with van der Waals surface area (Å²) in [5.41, 5.74) is 3.31. The fourth-order valence-corrected chi connectivity index (χ4v) is 4.43. The molecule has 2 saturated heterocycles. The van der Waals surface area contributed by atoms with Gasteiger partial charge in [-0.05, 0) is 45.1 Å². The number of carbonyl (C=O) groups excluding carboxylic acids is 1. The molecule has 0 saturated carbocycles. The molecule has 2 aromatic heterocycles. The summed E-state index contributed by atoms with van der Waals surface area (Å²) >= 11 is 0. The minimum absolute atomic E-state index is 0.325. The van der Waals surface area contributed by atoms with E-state index in [1.165, 1.54) is 7.11 Å². The van der Waals surface area contributed by atoms with Gasteiger partial charge in [0.05, 0.1) is 43.6 Å². The van der Waals surface area contributed by atoms with Crippen molar-refractivity contribution < 1.29 is 14.3 Å². The lowest BCUT2D eigenvalue weighted by molar-refractivity contribution is 0.122. The Labute approximate surface area is 192 Å². The van der Waals surface area contributed by atoms with E-state index in [1.54, 1.807) is 0 Å². The Bertz CT molecular complexity index is 1120. The Hall–Kier alpha value is -3.24. The van der Waals surface area contributed by atoms with Gasteiger partial charge in [-0.2, -0.15) is 10.1 Å². The van der Waals surface area contributed by atoms with Crippen LogP contribution in [0.4, 0.5) is 16.4 Å². The highest BCUT2D eigenvalue weighted by molar-refractivity contribution is 5.92. The van der Waals surface area contributed by atoms with Crippen LogP contribution in [0.25, 0.3) is 22.3 Å². The van der Waals surface area contributed by atoms with Crippen molar-refractivity contribution >= 4 is 28.8 Å². The standard InChI is InChI=1S/C23H29N7O3/c1-28-9-7-18(8-10-28)30-21-19(15-24-30)20(26-22(27-21)29-11-13-33-14-12-29)16-3-5-17(6-4-16)25-23(31)32-2/h3-6,15,18H,7-14H2,1-2H3,(H,25,31). The molecule has 33 heavy (non-hydrogen) atoms. The molecule has 0 unspecified atom stereocenters. The normalized spacial score (nSPS) is 17.9. The zero-order valence-corrected chi connectivity index (χ0v) is 19.0. The van der Waals surface area contributed by atoms with Gasteiger partial charge in [0.2, 0.25) is 5.95 Å². The molecule has 2 aliphatic rings. The van der Waals surface area contributed by atoms with Gasteiger partial charge >= 0.3 is 6.09 Å². The largest absolute Gasteiger partial charge is 0.453 e. The molecule has 1 N–H and O–H groups in total. The number of anilines is 2. The van der Waals surface area contributed by atoms with E-state index in [-0.39, 0.29) is 0 Å². The maximum Gasteiger partial charge on any atom is 0.411 e. The number of amides is 1. The van der Waals surface area contributed by atoms with Gasteiger partial charge in [0.1, 0.15) is 0 Å². The highest BCUT2D eigenvalue weighted by Crippen LogP contribution is 2.32. The highest BCUT2D eigenvalue weighted by atomic mass is 16.5. The molecule has 0 spiro atoms. The lowest BCUT2D eigenvalue weighted by Gasteiger charge is -2.30. The van der Waals surface area contributed by atoms with E-state index in [1.807, 2.05) is 30.5 Å². The SMILES string of the molecule is COC(=O)Nc1ccc(-c2nc(N3CCOCC3)nc3c2cnn3C2CCN(C)CC2)cc1. The number of likely N-dealkylation sites (tertiary alicyclic amines) is 1. The number of hydrogen-bond acceptors (Lipinski definition) is 8. The molecule has 2 fully saturated rings. The summed E-state index contributed by atoms with van der Waals surface area (Å²) < 4.78 is 12.3.